The average molecular weight is 366 g/mol. The van der Waals surface area contributed by atoms with E-state index in [2.05, 4.69) is 15.1 Å². The van der Waals surface area contributed by atoms with Crippen molar-refractivity contribution in [3.8, 4) is 0 Å². The molecule has 2 saturated heterocycles. The molecule has 0 bridgehead atoms. The van der Waals surface area contributed by atoms with Gasteiger partial charge in [-0.15, -0.1) is 24.8 Å². The maximum Gasteiger partial charge on any atom is 0.222 e. The smallest absolute Gasteiger partial charge is 0.222 e. The molecule has 0 radical (unpaired) electrons. The third kappa shape index (κ3) is 6.08. The van der Waals surface area contributed by atoms with Crippen molar-refractivity contribution in [3.63, 3.8) is 0 Å². The summed E-state index contributed by atoms with van der Waals surface area (Å²) >= 11 is 0. The van der Waals surface area contributed by atoms with Gasteiger partial charge >= 0.3 is 0 Å². The van der Waals surface area contributed by atoms with E-state index < -0.39 is 0 Å². The molecule has 1 unspecified atom stereocenters. The summed E-state index contributed by atoms with van der Waals surface area (Å²) in [5.41, 5.74) is 0. The highest BCUT2D eigenvalue weighted by molar-refractivity contribution is 5.85. The van der Waals surface area contributed by atoms with Crippen molar-refractivity contribution < 1.29 is 4.79 Å². The SMILES string of the molecule is Cl.Cl.O=C(CCC1CCNC1)N1CCCN(C2CCCC2)CC1. The second-order valence-corrected chi connectivity index (χ2v) is 7.11. The molecule has 0 aromatic rings. The molecule has 136 valence electrons. The number of rotatable bonds is 4. The van der Waals surface area contributed by atoms with Crippen LogP contribution in [0.2, 0.25) is 0 Å². The quantitative estimate of drug-likeness (QED) is 0.831. The van der Waals surface area contributed by atoms with Crippen molar-refractivity contribution in [2.24, 2.45) is 5.92 Å². The molecule has 1 saturated carbocycles. The first-order valence-electron chi connectivity index (χ1n) is 9.05. The Balaban J connectivity index is 0.00000132. The number of carbonyl (C=O) groups is 1. The monoisotopic (exact) mass is 365 g/mol. The topological polar surface area (TPSA) is 35.6 Å². The Morgan fingerprint density at radius 1 is 0.957 bits per heavy atom. The third-order valence-corrected chi connectivity index (χ3v) is 5.65. The maximum atomic E-state index is 12.4. The highest BCUT2D eigenvalue weighted by Gasteiger charge is 2.26. The van der Waals surface area contributed by atoms with Crippen LogP contribution in [-0.4, -0.2) is 61.0 Å². The second-order valence-electron chi connectivity index (χ2n) is 7.11. The summed E-state index contributed by atoms with van der Waals surface area (Å²) in [6.45, 7) is 6.48. The van der Waals surface area contributed by atoms with E-state index in [0.717, 1.165) is 63.9 Å². The zero-order valence-electron chi connectivity index (χ0n) is 14.2. The van der Waals surface area contributed by atoms with Crippen LogP contribution in [-0.2, 0) is 4.79 Å². The normalized spacial score (nSPS) is 26.4. The molecule has 1 aliphatic carbocycles. The molecule has 0 aromatic heterocycles. The number of carbonyl (C=O) groups excluding carboxylic acids is 1. The van der Waals surface area contributed by atoms with E-state index in [0.29, 0.717) is 5.91 Å². The van der Waals surface area contributed by atoms with Crippen molar-refractivity contribution >= 4 is 30.7 Å². The van der Waals surface area contributed by atoms with Crippen LogP contribution in [0.4, 0.5) is 0 Å². The van der Waals surface area contributed by atoms with Crippen LogP contribution in [0.15, 0.2) is 0 Å². The van der Waals surface area contributed by atoms with E-state index in [-0.39, 0.29) is 24.8 Å². The number of hydrogen-bond acceptors (Lipinski definition) is 3. The summed E-state index contributed by atoms with van der Waals surface area (Å²) in [7, 11) is 0. The fraction of sp³-hybridized carbons (Fsp3) is 0.941. The molecule has 2 aliphatic heterocycles. The lowest BCUT2D eigenvalue weighted by Gasteiger charge is -2.27. The van der Waals surface area contributed by atoms with Gasteiger partial charge in [-0.25, -0.2) is 0 Å². The highest BCUT2D eigenvalue weighted by Crippen LogP contribution is 2.24. The molecule has 23 heavy (non-hydrogen) atoms. The van der Waals surface area contributed by atoms with Gasteiger partial charge in [0.05, 0.1) is 0 Å². The van der Waals surface area contributed by atoms with Crippen LogP contribution >= 0.6 is 24.8 Å². The van der Waals surface area contributed by atoms with E-state index in [1.54, 1.807) is 0 Å². The number of nitrogens with zero attached hydrogens (tertiary/aromatic N) is 2. The standard InChI is InChI=1S/C17H31N3O.2ClH/c21-17(7-6-15-8-9-18-14-15)20-11-3-10-19(12-13-20)16-4-1-2-5-16;;/h15-16,18H,1-14H2;2*1H. The average Bonchev–Trinajstić information content (AvgIpc) is 3.15. The predicted octanol–water partition coefficient (Wildman–Crippen LogP) is 2.70. The Kier molecular flexibility index (Phi) is 9.83. The van der Waals surface area contributed by atoms with E-state index >= 15 is 0 Å². The fourth-order valence-corrected chi connectivity index (χ4v) is 4.27. The van der Waals surface area contributed by atoms with Gasteiger partial charge in [-0.1, -0.05) is 12.8 Å². The Labute approximate surface area is 153 Å². The minimum atomic E-state index is 0. The zero-order chi connectivity index (χ0) is 14.5. The maximum absolute atomic E-state index is 12.4. The van der Waals surface area contributed by atoms with Gasteiger partial charge in [0.25, 0.3) is 0 Å². The van der Waals surface area contributed by atoms with Gasteiger partial charge in [0, 0.05) is 38.6 Å². The van der Waals surface area contributed by atoms with Crippen LogP contribution in [0.5, 0.6) is 0 Å². The molecule has 0 aromatic carbocycles. The summed E-state index contributed by atoms with van der Waals surface area (Å²) in [5.74, 6) is 1.13. The van der Waals surface area contributed by atoms with E-state index in [4.69, 9.17) is 0 Å². The van der Waals surface area contributed by atoms with Crippen molar-refractivity contribution in [2.75, 3.05) is 39.3 Å². The van der Waals surface area contributed by atoms with Gasteiger partial charge in [0.1, 0.15) is 0 Å². The molecule has 1 amide bonds. The first-order chi connectivity index (χ1) is 10.3. The molecule has 3 rings (SSSR count). The summed E-state index contributed by atoms with van der Waals surface area (Å²) in [5, 5.41) is 3.39. The van der Waals surface area contributed by atoms with Crippen LogP contribution in [0.1, 0.15) is 51.4 Å². The van der Waals surface area contributed by atoms with Crippen LogP contribution in [0.3, 0.4) is 0 Å². The molecular formula is C17H33Cl2N3O. The Bertz CT molecular complexity index is 345. The lowest BCUT2D eigenvalue weighted by Crippen LogP contribution is -2.38. The van der Waals surface area contributed by atoms with Crippen LogP contribution in [0, 0.1) is 5.92 Å². The van der Waals surface area contributed by atoms with Gasteiger partial charge in [-0.2, -0.15) is 0 Å². The molecule has 3 fully saturated rings. The lowest BCUT2D eigenvalue weighted by atomic mass is 10.0. The summed E-state index contributed by atoms with van der Waals surface area (Å²) in [6, 6.07) is 0.810. The third-order valence-electron chi connectivity index (χ3n) is 5.65. The minimum Gasteiger partial charge on any atom is -0.341 e. The predicted molar refractivity (Wildman–Crippen MR) is 99.7 cm³/mol. The highest BCUT2D eigenvalue weighted by atomic mass is 35.5. The Morgan fingerprint density at radius 2 is 1.74 bits per heavy atom. The molecular weight excluding hydrogens is 333 g/mol. The van der Waals surface area contributed by atoms with E-state index in [9.17, 15) is 4.79 Å². The Morgan fingerprint density at radius 3 is 2.43 bits per heavy atom. The number of halogens is 2. The molecule has 0 spiro atoms. The van der Waals surface area contributed by atoms with Gasteiger partial charge in [0.15, 0.2) is 0 Å². The summed E-state index contributed by atoms with van der Waals surface area (Å²) in [4.78, 5) is 17.2. The van der Waals surface area contributed by atoms with Crippen molar-refractivity contribution in [1.82, 2.24) is 15.1 Å². The molecule has 3 aliphatic rings. The van der Waals surface area contributed by atoms with Crippen LogP contribution < -0.4 is 5.32 Å². The first-order valence-corrected chi connectivity index (χ1v) is 9.05. The number of nitrogens with one attached hydrogen (secondary N) is 1. The van der Waals surface area contributed by atoms with Crippen LogP contribution in [0.25, 0.3) is 0 Å². The van der Waals surface area contributed by atoms with E-state index in [1.807, 2.05) is 0 Å². The van der Waals surface area contributed by atoms with Crippen molar-refractivity contribution in [1.29, 1.82) is 0 Å². The van der Waals surface area contributed by atoms with Crippen molar-refractivity contribution in [3.05, 3.63) is 0 Å². The molecule has 6 heteroatoms. The number of hydrogen-bond donors (Lipinski definition) is 1. The van der Waals surface area contributed by atoms with Gasteiger partial charge in [-0.05, 0) is 51.1 Å². The Hall–Kier alpha value is -0.0300. The second kappa shape index (κ2) is 10.8. The minimum absolute atomic E-state index is 0. The van der Waals surface area contributed by atoms with Gasteiger partial charge in [0.2, 0.25) is 5.91 Å². The van der Waals surface area contributed by atoms with E-state index in [1.165, 1.54) is 38.6 Å². The molecule has 1 atom stereocenters. The summed E-state index contributed by atoms with van der Waals surface area (Å²) < 4.78 is 0. The fourth-order valence-electron chi connectivity index (χ4n) is 4.27. The summed E-state index contributed by atoms with van der Waals surface area (Å²) in [6.07, 6.45) is 9.81. The van der Waals surface area contributed by atoms with Gasteiger partial charge < -0.3 is 10.2 Å². The van der Waals surface area contributed by atoms with Crippen molar-refractivity contribution in [2.45, 2.75) is 57.4 Å². The molecule has 4 nitrogen and oxygen atoms in total. The number of amides is 1. The zero-order valence-corrected chi connectivity index (χ0v) is 15.8. The molecule has 1 N–H and O–H groups in total. The lowest BCUT2D eigenvalue weighted by molar-refractivity contribution is -0.131. The van der Waals surface area contributed by atoms with Gasteiger partial charge in [-0.3, -0.25) is 9.69 Å². The largest absolute Gasteiger partial charge is 0.341 e. The molecule has 2 heterocycles. The first kappa shape index (κ1) is 21.0.